The molecule has 15 heavy (non-hydrogen) atoms. The van der Waals surface area contributed by atoms with E-state index in [9.17, 15) is 4.79 Å². The lowest BCUT2D eigenvalue weighted by Gasteiger charge is -2.14. The Hall–Kier alpha value is -0.970. The molecular formula is C9H9Cl2N2O2. The molecule has 0 unspecified atom stereocenters. The van der Waals surface area contributed by atoms with Crippen molar-refractivity contribution >= 4 is 34.9 Å². The highest BCUT2D eigenvalue weighted by Crippen LogP contribution is 2.21. The van der Waals surface area contributed by atoms with Crippen molar-refractivity contribution in [2.75, 3.05) is 19.5 Å². The maximum Gasteiger partial charge on any atom is 0.345 e. The molecule has 1 radical (unpaired) electrons. The van der Waals surface area contributed by atoms with E-state index in [1.54, 1.807) is 0 Å². The number of nitrogens with one attached hydrogen (secondary N) is 1. The number of rotatable bonds is 2. The molecule has 81 valence electrons. The molecule has 1 rings (SSSR count). The van der Waals surface area contributed by atoms with Crippen LogP contribution in [0.4, 0.5) is 10.5 Å². The Labute approximate surface area is 97.7 Å². The minimum atomic E-state index is -0.421. The quantitative estimate of drug-likeness (QED) is 0.817. The van der Waals surface area contributed by atoms with E-state index >= 15 is 0 Å². The Bertz CT molecular complexity index is 351. The Morgan fingerprint density at radius 2 is 2.00 bits per heavy atom. The monoisotopic (exact) mass is 247 g/mol. The summed E-state index contributed by atoms with van der Waals surface area (Å²) in [5.41, 5.74) is 0.484. The second kappa shape index (κ2) is 5.21. The third-order valence-corrected chi connectivity index (χ3v) is 2.02. The van der Waals surface area contributed by atoms with Crippen LogP contribution in [0.3, 0.4) is 0 Å². The number of halogens is 2. The first kappa shape index (κ1) is 12.1. The fourth-order valence-electron chi connectivity index (χ4n) is 0.858. The molecule has 2 amide bonds. The van der Waals surface area contributed by atoms with Crippen molar-refractivity contribution in [3.63, 3.8) is 0 Å². The van der Waals surface area contributed by atoms with Crippen molar-refractivity contribution in [3.05, 3.63) is 28.2 Å². The highest BCUT2D eigenvalue weighted by molar-refractivity contribution is 6.34. The number of hydrogen-bond acceptors (Lipinski definition) is 2. The van der Waals surface area contributed by atoms with E-state index in [0.29, 0.717) is 15.7 Å². The standard InChI is InChI=1S/C9H9Cl2N2O2/c1-13(15-2)9(14)12-8-4-6(10)3-7(11)5-8/h4-5H,1-2H3,(H,12,14). The van der Waals surface area contributed by atoms with E-state index in [-0.39, 0.29) is 0 Å². The van der Waals surface area contributed by atoms with Gasteiger partial charge in [-0.25, -0.2) is 9.86 Å². The molecule has 0 fully saturated rings. The Morgan fingerprint density at radius 3 is 2.47 bits per heavy atom. The van der Waals surface area contributed by atoms with Crippen LogP contribution >= 0.6 is 23.2 Å². The van der Waals surface area contributed by atoms with Crippen LogP contribution in [0.15, 0.2) is 12.1 Å². The first-order valence-electron chi connectivity index (χ1n) is 4.00. The van der Waals surface area contributed by atoms with E-state index in [2.05, 4.69) is 11.4 Å². The summed E-state index contributed by atoms with van der Waals surface area (Å²) in [4.78, 5) is 16.1. The number of hydroxylamine groups is 2. The summed E-state index contributed by atoms with van der Waals surface area (Å²) in [6.45, 7) is 0. The summed E-state index contributed by atoms with van der Waals surface area (Å²) in [6.07, 6.45) is 0. The molecule has 1 aromatic carbocycles. The first-order valence-corrected chi connectivity index (χ1v) is 4.75. The number of hydrogen-bond donors (Lipinski definition) is 1. The molecule has 0 aliphatic carbocycles. The summed E-state index contributed by atoms with van der Waals surface area (Å²) < 4.78 is 0. The largest absolute Gasteiger partial charge is 0.345 e. The van der Waals surface area contributed by atoms with Crippen molar-refractivity contribution in [2.45, 2.75) is 0 Å². The number of nitrogens with zero attached hydrogens (tertiary/aromatic N) is 1. The van der Waals surface area contributed by atoms with Gasteiger partial charge in [0.25, 0.3) is 0 Å². The third kappa shape index (κ3) is 3.58. The predicted molar refractivity (Wildman–Crippen MR) is 59.1 cm³/mol. The SMILES string of the molecule is CON(C)C(=O)Nc1cc(Cl)[c]c(Cl)c1. The highest BCUT2D eigenvalue weighted by atomic mass is 35.5. The van der Waals surface area contributed by atoms with Gasteiger partial charge in [-0.1, -0.05) is 23.2 Å². The van der Waals surface area contributed by atoms with Crippen LogP contribution in [0.5, 0.6) is 0 Å². The molecule has 1 aromatic rings. The van der Waals surface area contributed by atoms with Gasteiger partial charge in [-0.3, -0.25) is 4.84 Å². The average molecular weight is 248 g/mol. The summed E-state index contributed by atoms with van der Waals surface area (Å²) >= 11 is 11.4. The molecule has 6 heteroatoms. The summed E-state index contributed by atoms with van der Waals surface area (Å²) in [7, 11) is 2.87. The van der Waals surface area contributed by atoms with Crippen LogP contribution in [-0.2, 0) is 4.84 Å². The number of anilines is 1. The van der Waals surface area contributed by atoms with Gasteiger partial charge in [0.2, 0.25) is 0 Å². The average Bonchev–Trinajstić information content (AvgIpc) is 2.14. The summed E-state index contributed by atoms with van der Waals surface area (Å²) in [6, 6.07) is 5.31. The summed E-state index contributed by atoms with van der Waals surface area (Å²) in [5.74, 6) is 0. The third-order valence-electron chi connectivity index (χ3n) is 1.61. The van der Waals surface area contributed by atoms with Gasteiger partial charge in [-0.2, -0.15) is 0 Å². The van der Waals surface area contributed by atoms with Crippen LogP contribution in [0, 0.1) is 6.07 Å². The molecule has 0 aromatic heterocycles. The van der Waals surface area contributed by atoms with E-state index in [1.807, 2.05) is 0 Å². The van der Waals surface area contributed by atoms with Gasteiger partial charge in [0, 0.05) is 18.8 Å². The maximum atomic E-state index is 11.4. The van der Waals surface area contributed by atoms with Gasteiger partial charge in [-0.15, -0.1) is 0 Å². The van der Waals surface area contributed by atoms with Crippen LogP contribution in [-0.4, -0.2) is 25.3 Å². The lowest BCUT2D eigenvalue weighted by molar-refractivity contribution is -0.0598. The number of urea groups is 1. The zero-order valence-corrected chi connectivity index (χ0v) is 9.69. The molecule has 0 aliphatic rings. The maximum absolute atomic E-state index is 11.4. The molecule has 0 spiro atoms. The molecule has 0 aliphatic heterocycles. The molecule has 1 N–H and O–H groups in total. The summed E-state index contributed by atoms with van der Waals surface area (Å²) in [5, 5.41) is 4.25. The number of benzene rings is 1. The molecule has 0 heterocycles. The fourth-order valence-corrected chi connectivity index (χ4v) is 1.35. The van der Waals surface area contributed by atoms with Crippen molar-refractivity contribution < 1.29 is 9.63 Å². The van der Waals surface area contributed by atoms with Crippen molar-refractivity contribution in [1.29, 1.82) is 0 Å². The number of carbonyl (C=O) groups is 1. The molecule has 0 saturated heterocycles. The van der Waals surface area contributed by atoms with Crippen molar-refractivity contribution in [3.8, 4) is 0 Å². The smallest absolute Gasteiger partial charge is 0.306 e. The highest BCUT2D eigenvalue weighted by Gasteiger charge is 2.08. The van der Waals surface area contributed by atoms with E-state index < -0.39 is 6.03 Å². The van der Waals surface area contributed by atoms with E-state index in [1.165, 1.54) is 26.3 Å². The zero-order chi connectivity index (χ0) is 11.4. The lowest BCUT2D eigenvalue weighted by atomic mass is 10.3. The minimum absolute atomic E-state index is 0.331. The van der Waals surface area contributed by atoms with Crippen molar-refractivity contribution in [2.24, 2.45) is 0 Å². The van der Waals surface area contributed by atoms with Crippen LogP contribution in [0.2, 0.25) is 10.0 Å². The van der Waals surface area contributed by atoms with Gasteiger partial charge in [0.1, 0.15) is 0 Å². The lowest BCUT2D eigenvalue weighted by Crippen LogP contribution is -2.30. The van der Waals surface area contributed by atoms with Gasteiger partial charge in [0.05, 0.1) is 17.2 Å². The molecular weight excluding hydrogens is 239 g/mol. The van der Waals surface area contributed by atoms with Gasteiger partial charge < -0.3 is 5.32 Å². The van der Waals surface area contributed by atoms with Crippen LogP contribution in [0.1, 0.15) is 0 Å². The fraction of sp³-hybridized carbons (Fsp3) is 0.222. The van der Waals surface area contributed by atoms with Crippen LogP contribution < -0.4 is 5.32 Å². The molecule has 0 saturated carbocycles. The van der Waals surface area contributed by atoms with Gasteiger partial charge >= 0.3 is 6.03 Å². The second-order valence-electron chi connectivity index (χ2n) is 2.68. The van der Waals surface area contributed by atoms with E-state index in [4.69, 9.17) is 28.0 Å². The van der Waals surface area contributed by atoms with Crippen molar-refractivity contribution in [1.82, 2.24) is 5.06 Å². The number of amides is 2. The minimum Gasteiger partial charge on any atom is -0.306 e. The van der Waals surface area contributed by atoms with Gasteiger partial charge in [0.15, 0.2) is 0 Å². The molecule has 0 atom stereocenters. The Balaban J connectivity index is 2.76. The normalized spacial score (nSPS) is 9.87. The van der Waals surface area contributed by atoms with Gasteiger partial charge in [-0.05, 0) is 12.1 Å². The zero-order valence-electron chi connectivity index (χ0n) is 8.17. The topological polar surface area (TPSA) is 41.6 Å². The molecule has 4 nitrogen and oxygen atoms in total. The second-order valence-corrected chi connectivity index (χ2v) is 3.49. The Morgan fingerprint density at radius 1 is 1.47 bits per heavy atom. The molecule has 0 bridgehead atoms. The van der Waals surface area contributed by atoms with Crippen LogP contribution in [0.25, 0.3) is 0 Å². The predicted octanol–water partition coefficient (Wildman–Crippen LogP) is 2.82. The van der Waals surface area contributed by atoms with E-state index in [0.717, 1.165) is 5.06 Å². The Kier molecular flexibility index (Phi) is 4.20. The number of carbonyl (C=O) groups excluding carboxylic acids is 1. The first-order chi connectivity index (χ1) is 7.02.